The van der Waals surface area contributed by atoms with E-state index in [0.29, 0.717) is 24.6 Å². The molecule has 1 amide bonds. The lowest BCUT2D eigenvalue weighted by molar-refractivity contribution is -0.121. The van der Waals surface area contributed by atoms with Crippen molar-refractivity contribution in [3.8, 4) is 0 Å². The highest BCUT2D eigenvalue weighted by molar-refractivity contribution is 5.75. The maximum absolute atomic E-state index is 11.5. The number of aliphatic hydroxyl groups is 1. The molecule has 118 valence electrons. The molecule has 21 heavy (non-hydrogen) atoms. The Kier molecular flexibility index (Phi) is 6.26. The van der Waals surface area contributed by atoms with Gasteiger partial charge in [0.05, 0.1) is 6.26 Å². The molecule has 0 spiro atoms. The fraction of sp³-hybridized carbons (Fsp3) is 0.688. The maximum atomic E-state index is 11.5. The summed E-state index contributed by atoms with van der Waals surface area (Å²) in [6.07, 6.45) is 6.87. The molecule has 1 aromatic heterocycles. The first-order valence-corrected chi connectivity index (χ1v) is 7.87. The predicted octanol–water partition coefficient (Wildman–Crippen LogP) is 2.08. The Morgan fingerprint density at radius 3 is 3.10 bits per heavy atom. The SMILES string of the molecule is CNC(=O)CCN1CCCCCC1CC(O)c1ccco1. The molecule has 0 bridgehead atoms. The second-order valence-corrected chi connectivity index (χ2v) is 5.73. The zero-order valence-corrected chi connectivity index (χ0v) is 12.8. The van der Waals surface area contributed by atoms with Gasteiger partial charge in [-0.1, -0.05) is 12.8 Å². The molecular formula is C16H26N2O3. The van der Waals surface area contributed by atoms with Crippen LogP contribution in [0.4, 0.5) is 0 Å². The van der Waals surface area contributed by atoms with Crippen LogP contribution in [-0.4, -0.2) is 42.1 Å². The highest BCUT2D eigenvalue weighted by Gasteiger charge is 2.25. The Hall–Kier alpha value is -1.33. The van der Waals surface area contributed by atoms with Crippen molar-refractivity contribution in [1.82, 2.24) is 10.2 Å². The average molecular weight is 294 g/mol. The Labute approximate surface area is 126 Å². The van der Waals surface area contributed by atoms with Crippen molar-refractivity contribution in [3.05, 3.63) is 24.2 Å². The zero-order chi connectivity index (χ0) is 15.1. The van der Waals surface area contributed by atoms with Crippen LogP contribution in [0.5, 0.6) is 0 Å². The van der Waals surface area contributed by atoms with Crippen LogP contribution in [0.2, 0.25) is 0 Å². The predicted molar refractivity (Wildman–Crippen MR) is 80.8 cm³/mol. The van der Waals surface area contributed by atoms with Crippen LogP contribution >= 0.6 is 0 Å². The van der Waals surface area contributed by atoms with Crippen LogP contribution < -0.4 is 5.32 Å². The van der Waals surface area contributed by atoms with Gasteiger partial charge in [-0.05, 0) is 37.9 Å². The number of hydrogen-bond acceptors (Lipinski definition) is 4. The van der Waals surface area contributed by atoms with Crippen LogP contribution in [-0.2, 0) is 4.79 Å². The zero-order valence-electron chi connectivity index (χ0n) is 12.8. The van der Waals surface area contributed by atoms with Gasteiger partial charge in [-0.3, -0.25) is 9.69 Å². The Morgan fingerprint density at radius 2 is 2.38 bits per heavy atom. The van der Waals surface area contributed by atoms with Gasteiger partial charge in [-0.25, -0.2) is 0 Å². The third kappa shape index (κ3) is 4.86. The third-order valence-electron chi connectivity index (χ3n) is 4.27. The number of rotatable bonds is 6. The molecule has 1 fully saturated rings. The Morgan fingerprint density at radius 1 is 1.52 bits per heavy atom. The molecule has 2 rings (SSSR count). The normalized spacial score (nSPS) is 21.7. The summed E-state index contributed by atoms with van der Waals surface area (Å²) in [6, 6.07) is 3.93. The van der Waals surface area contributed by atoms with Crippen molar-refractivity contribution in [3.63, 3.8) is 0 Å². The minimum atomic E-state index is -0.564. The number of hydrogen-bond donors (Lipinski definition) is 2. The molecule has 1 aliphatic rings. The molecule has 5 nitrogen and oxygen atoms in total. The van der Waals surface area contributed by atoms with Crippen molar-refractivity contribution in [2.75, 3.05) is 20.1 Å². The number of carbonyl (C=O) groups is 1. The summed E-state index contributed by atoms with van der Waals surface area (Å²) >= 11 is 0. The standard InChI is InChI=1S/C16H26N2O3/c1-17-16(20)8-10-18-9-4-2-3-6-13(18)12-14(19)15-7-5-11-21-15/h5,7,11,13-14,19H,2-4,6,8-10,12H2,1H3,(H,17,20). The average Bonchev–Trinajstić information content (AvgIpc) is 2.94. The van der Waals surface area contributed by atoms with E-state index in [-0.39, 0.29) is 5.91 Å². The lowest BCUT2D eigenvalue weighted by atomic mass is 10.0. The molecule has 1 aromatic rings. The number of amides is 1. The first-order chi connectivity index (χ1) is 10.2. The molecule has 2 N–H and O–H groups in total. The number of nitrogens with zero attached hydrogens (tertiary/aromatic N) is 1. The highest BCUT2D eigenvalue weighted by Crippen LogP contribution is 2.26. The molecule has 0 aromatic carbocycles. The minimum absolute atomic E-state index is 0.0737. The smallest absolute Gasteiger partial charge is 0.221 e. The first-order valence-electron chi connectivity index (χ1n) is 7.87. The van der Waals surface area contributed by atoms with Gasteiger partial charge in [0.1, 0.15) is 11.9 Å². The van der Waals surface area contributed by atoms with Gasteiger partial charge in [-0.15, -0.1) is 0 Å². The first kappa shape index (κ1) is 16.0. The summed E-state index contributed by atoms with van der Waals surface area (Å²) in [4.78, 5) is 13.8. The summed E-state index contributed by atoms with van der Waals surface area (Å²) < 4.78 is 5.29. The molecule has 0 saturated carbocycles. The van der Waals surface area contributed by atoms with E-state index < -0.39 is 6.10 Å². The van der Waals surface area contributed by atoms with Crippen LogP contribution in [0.3, 0.4) is 0 Å². The highest BCUT2D eigenvalue weighted by atomic mass is 16.4. The molecule has 1 aliphatic heterocycles. The largest absolute Gasteiger partial charge is 0.467 e. The van der Waals surface area contributed by atoms with Gasteiger partial charge < -0.3 is 14.8 Å². The Balaban J connectivity index is 1.93. The number of nitrogens with one attached hydrogen (secondary N) is 1. The van der Waals surface area contributed by atoms with E-state index in [0.717, 1.165) is 19.5 Å². The van der Waals surface area contributed by atoms with Gasteiger partial charge in [-0.2, -0.15) is 0 Å². The van der Waals surface area contributed by atoms with E-state index >= 15 is 0 Å². The van der Waals surface area contributed by atoms with Crippen LogP contribution in [0.15, 0.2) is 22.8 Å². The van der Waals surface area contributed by atoms with Crippen molar-refractivity contribution < 1.29 is 14.3 Å². The van der Waals surface area contributed by atoms with E-state index in [2.05, 4.69) is 10.2 Å². The molecule has 5 heteroatoms. The topological polar surface area (TPSA) is 65.7 Å². The number of likely N-dealkylation sites (tertiary alicyclic amines) is 1. The lowest BCUT2D eigenvalue weighted by Gasteiger charge is -2.30. The van der Waals surface area contributed by atoms with E-state index in [1.165, 1.54) is 19.3 Å². The van der Waals surface area contributed by atoms with Gasteiger partial charge in [0.2, 0.25) is 5.91 Å². The number of carbonyl (C=O) groups excluding carboxylic acids is 1. The molecule has 0 radical (unpaired) electrons. The summed E-state index contributed by atoms with van der Waals surface area (Å²) in [5.74, 6) is 0.704. The lowest BCUT2D eigenvalue weighted by Crippen LogP contribution is -2.38. The fourth-order valence-corrected chi connectivity index (χ4v) is 3.02. The molecular weight excluding hydrogens is 268 g/mol. The van der Waals surface area contributed by atoms with Gasteiger partial charge in [0.15, 0.2) is 0 Å². The van der Waals surface area contributed by atoms with Gasteiger partial charge in [0, 0.05) is 26.1 Å². The third-order valence-corrected chi connectivity index (χ3v) is 4.27. The number of aliphatic hydroxyl groups excluding tert-OH is 1. The van der Waals surface area contributed by atoms with Crippen molar-refractivity contribution >= 4 is 5.91 Å². The van der Waals surface area contributed by atoms with E-state index in [1.807, 2.05) is 6.07 Å². The molecule has 1 saturated heterocycles. The van der Waals surface area contributed by atoms with Gasteiger partial charge in [0.25, 0.3) is 0 Å². The van der Waals surface area contributed by atoms with Crippen molar-refractivity contribution in [2.45, 2.75) is 50.7 Å². The quantitative estimate of drug-likeness (QED) is 0.843. The summed E-state index contributed by atoms with van der Waals surface area (Å²) in [7, 11) is 1.67. The Bertz CT molecular complexity index is 419. The van der Waals surface area contributed by atoms with E-state index in [9.17, 15) is 9.90 Å². The van der Waals surface area contributed by atoms with Crippen molar-refractivity contribution in [2.24, 2.45) is 0 Å². The monoisotopic (exact) mass is 294 g/mol. The summed E-state index contributed by atoms with van der Waals surface area (Å²) in [5, 5.41) is 13.0. The number of furan rings is 1. The van der Waals surface area contributed by atoms with Crippen LogP contribution in [0, 0.1) is 0 Å². The summed E-state index contributed by atoms with van der Waals surface area (Å²) in [5.41, 5.74) is 0. The molecule has 2 atom stereocenters. The van der Waals surface area contributed by atoms with Crippen molar-refractivity contribution in [1.29, 1.82) is 0 Å². The van der Waals surface area contributed by atoms with E-state index in [4.69, 9.17) is 4.42 Å². The summed E-state index contributed by atoms with van der Waals surface area (Å²) in [6.45, 7) is 1.77. The second kappa shape index (κ2) is 8.20. The van der Waals surface area contributed by atoms with Gasteiger partial charge >= 0.3 is 0 Å². The second-order valence-electron chi connectivity index (χ2n) is 5.73. The minimum Gasteiger partial charge on any atom is -0.467 e. The molecule has 2 heterocycles. The molecule has 2 unspecified atom stereocenters. The van der Waals surface area contributed by atoms with Crippen LogP contribution in [0.25, 0.3) is 0 Å². The van der Waals surface area contributed by atoms with Crippen LogP contribution in [0.1, 0.15) is 50.4 Å². The molecule has 0 aliphatic carbocycles. The van der Waals surface area contributed by atoms with E-state index in [1.54, 1.807) is 19.4 Å². The maximum Gasteiger partial charge on any atom is 0.221 e. The fourth-order valence-electron chi connectivity index (χ4n) is 3.02.